The van der Waals surface area contributed by atoms with Crippen molar-refractivity contribution in [2.75, 3.05) is 6.54 Å². The molecule has 0 heterocycles. The van der Waals surface area contributed by atoms with Gasteiger partial charge in [0.05, 0.1) is 5.92 Å². The van der Waals surface area contributed by atoms with Crippen LogP contribution in [0, 0.1) is 5.92 Å². The lowest BCUT2D eigenvalue weighted by Crippen LogP contribution is -2.14. The minimum Gasteiger partial charge on any atom is -0.481 e. The van der Waals surface area contributed by atoms with Crippen molar-refractivity contribution in [3.8, 4) is 0 Å². The first-order chi connectivity index (χ1) is 9.24. The summed E-state index contributed by atoms with van der Waals surface area (Å²) in [5.41, 5.74) is 6.76. The van der Waals surface area contributed by atoms with Gasteiger partial charge in [-0.15, -0.1) is 0 Å². The minimum atomic E-state index is -0.656. The maximum atomic E-state index is 11.1. The fraction of sp³-hybridized carbons (Fsp3) is 0.562. The van der Waals surface area contributed by atoms with Gasteiger partial charge in [0.2, 0.25) is 0 Å². The molecule has 0 aliphatic heterocycles. The van der Waals surface area contributed by atoms with E-state index in [0.29, 0.717) is 6.54 Å². The second-order valence-electron chi connectivity index (χ2n) is 5.05. The van der Waals surface area contributed by atoms with Crippen LogP contribution in [0.3, 0.4) is 0 Å². The van der Waals surface area contributed by atoms with Crippen LogP contribution in [0.4, 0.5) is 0 Å². The average Bonchev–Trinajstić information content (AvgIpc) is 2.42. The van der Waals surface area contributed by atoms with Crippen molar-refractivity contribution in [2.24, 2.45) is 11.7 Å². The van der Waals surface area contributed by atoms with Crippen molar-refractivity contribution < 1.29 is 9.90 Å². The third-order valence-corrected chi connectivity index (χ3v) is 3.47. The molecule has 0 amide bonds. The van der Waals surface area contributed by atoms with Crippen LogP contribution in [0.5, 0.6) is 0 Å². The maximum absolute atomic E-state index is 11.1. The lowest BCUT2D eigenvalue weighted by atomic mass is 9.95. The van der Waals surface area contributed by atoms with Crippen LogP contribution in [-0.4, -0.2) is 17.6 Å². The number of benzene rings is 1. The monoisotopic (exact) mass is 263 g/mol. The second-order valence-corrected chi connectivity index (χ2v) is 5.05. The van der Waals surface area contributed by atoms with Crippen molar-refractivity contribution in [3.05, 3.63) is 35.9 Å². The Labute approximate surface area is 115 Å². The Hall–Kier alpha value is -1.35. The van der Waals surface area contributed by atoms with Gasteiger partial charge in [-0.25, -0.2) is 0 Å². The molecule has 1 rings (SSSR count). The first-order valence-electron chi connectivity index (χ1n) is 7.21. The molecule has 3 heteroatoms. The molecule has 1 unspecified atom stereocenters. The first kappa shape index (κ1) is 15.7. The lowest BCUT2D eigenvalue weighted by molar-refractivity contribution is -0.142. The van der Waals surface area contributed by atoms with Crippen LogP contribution >= 0.6 is 0 Å². The first-order valence-corrected chi connectivity index (χ1v) is 7.21. The summed E-state index contributed by atoms with van der Waals surface area (Å²) >= 11 is 0. The summed E-state index contributed by atoms with van der Waals surface area (Å²) in [5, 5.41) is 9.16. The molecule has 3 N–H and O–H groups in total. The van der Waals surface area contributed by atoms with E-state index in [1.165, 1.54) is 5.56 Å². The molecule has 3 nitrogen and oxygen atoms in total. The fourth-order valence-electron chi connectivity index (χ4n) is 2.29. The van der Waals surface area contributed by atoms with E-state index in [1.807, 2.05) is 18.2 Å². The number of hydrogen-bond donors (Lipinski definition) is 2. The summed E-state index contributed by atoms with van der Waals surface area (Å²) in [5.74, 6) is -0.848. The molecule has 0 aliphatic rings. The summed E-state index contributed by atoms with van der Waals surface area (Å²) in [6, 6.07) is 10.3. The molecule has 0 radical (unpaired) electrons. The Balaban J connectivity index is 2.19. The molecule has 1 aromatic rings. The predicted molar refractivity (Wildman–Crippen MR) is 78.0 cm³/mol. The lowest BCUT2D eigenvalue weighted by Gasteiger charge is -2.11. The molecule has 106 valence electrons. The highest BCUT2D eigenvalue weighted by Gasteiger charge is 2.15. The molecule has 0 spiro atoms. The number of carboxylic acid groups (broad SMARTS) is 1. The zero-order valence-corrected chi connectivity index (χ0v) is 11.6. The number of aliphatic carboxylic acids is 1. The van der Waals surface area contributed by atoms with Crippen LogP contribution in [0.2, 0.25) is 0 Å². The number of aryl methyl sites for hydroxylation is 1. The normalized spacial score (nSPS) is 12.3. The van der Waals surface area contributed by atoms with Gasteiger partial charge >= 0.3 is 5.97 Å². The SMILES string of the molecule is NCCCCC(CCCCc1ccccc1)C(=O)O. The van der Waals surface area contributed by atoms with Crippen molar-refractivity contribution in [3.63, 3.8) is 0 Å². The number of carboxylic acids is 1. The molecule has 0 fully saturated rings. The Kier molecular flexibility index (Phi) is 7.91. The standard InChI is InChI=1S/C16H25NO2/c17-13-7-6-12-15(16(18)19)11-5-4-10-14-8-2-1-3-9-14/h1-3,8-9,15H,4-7,10-13,17H2,(H,18,19). The zero-order valence-electron chi connectivity index (χ0n) is 11.6. The molecule has 1 aromatic carbocycles. The van der Waals surface area contributed by atoms with Crippen LogP contribution in [0.15, 0.2) is 30.3 Å². The Morgan fingerprint density at radius 1 is 1.05 bits per heavy atom. The summed E-state index contributed by atoms with van der Waals surface area (Å²) in [7, 11) is 0. The van der Waals surface area contributed by atoms with Gasteiger partial charge in [-0.2, -0.15) is 0 Å². The van der Waals surface area contributed by atoms with Crippen molar-refractivity contribution >= 4 is 5.97 Å². The van der Waals surface area contributed by atoms with Crippen LogP contribution < -0.4 is 5.73 Å². The van der Waals surface area contributed by atoms with Gasteiger partial charge in [-0.05, 0) is 44.2 Å². The average molecular weight is 263 g/mol. The molecule has 0 saturated carbocycles. The molecule has 1 atom stereocenters. The maximum Gasteiger partial charge on any atom is 0.306 e. The summed E-state index contributed by atoms with van der Waals surface area (Å²) < 4.78 is 0. The number of unbranched alkanes of at least 4 members (excludes halogenated alkanes) is 2. The minimum absolute atomic E-state index is 0.192. The van der Waals surface area contributed by atoms with Gasteiger partial charge in [0, 0.05) is 0 Å². The van der Waals surface area contributed by atoms with Gasteiger partial charge in [0.15, 0.2) is 0 Å². The zero-order chi connectivity index (χ0) is 13.9. The molecule has 19 heavy (non-hydrogen) atoms. The van der Waals surface area contributed by atoms with Gasteiger partial charge in [0.1, 0.15) is 0 Å². The Morgan fingerprint density at radius 3 is 2.26 bits per heavy atom. The van der Waals surface area contributed by atoms with E-state index in [1.54, 1.807) is 0 Å². The third-order valence-electron chi connectivity index (χ3n) is 3.47. The highest BCUT2D eigenvalue weighted by atomic mass is 16.4. The fourth-order valence-corrected chi connectivity index (χ4v) is 2.29. The smallest absolute Gasteiger partial charge is 0.306 e. The Bertz CT molecular complexity index is 351. The summed E-state index contributed by atoms with van der Waals surface area (Å²) in [6.07, 6.45) is 6.47. The molecule has 0 aromatic heterocycles. The van der Waals surface area contributed by atoms with E-state index in [2.05, 4.69) is 12.1 Å². The van der Waals surface area contributed by atoms with Crippen molar-refractivity contribution in [1.82, 2.24) is 0 Å². The van der Waals surface area contributed by atoms with E-state index in [9.17, 15) is 4.79 Å². The predicted octanol–water partition coefficient (Wildman–Crippen LogP) is 3.23. The van der Waals surface area contributed by atoms with Crippen LogP contribution in [0.25, 0.3) is 0 Å². The topological polar surface area (TPSA) is 63.3 Å². The van der Waals surface area contributed by atoms with E-state index in [0.717, 1.165) is 44.9 Å². The molecular formula is C16H25NO2. The van der Waals surface area contributed by atoms with E-state index >= 15 is 0 Å². The number of carbonyl (C=O) groups is 1. The second kappa shape index (κ2) is 9.56. The van der Waals surface area contributed by atoms with E-state index in [-0.39, 0.29) is 5.92 Å². The van der Waals surface area contributed by atoms with Crippen LogP contribution in [-0.2, 0) is 11.2 Å². The Morgan fingerprint density at radius 2 is 1.68 bits per heavy atom. The van der Waals surface area contributed by atoms with Crippen molar-refractivity contribution in [2.45, 2.75) is 44.9 Å². The highest BCUT2D eigenvalue weighted by Crippen LogP contribution is 2.17. The van der Waals surface area contributed by atoms with Gasteiger partial charge < -0.3 is 10.8 Å². The van der Waals surface area contributed by atoms with Gasteiger partial charge in [-0.3, -0.25) is 4.79 Å². The summed E-state index contributed by atoms with van der Waals surface area (Å²) in [4.78, 5) is 11.1. The number of nitrogens with two attached hydrogens (primary N) is 1. The van der Waals surface area contributed by atoms with E-state index < -0.39 is 5.97 Å². The third kappa shape index (κ3) is 6.97. The van der Waals surface area contributed by atoms with Crippen molar-refractivity contribution in [1.29, 1.82) is 0 Å². The van der Waals surface area contributed by atoms with Crippen LogP contribution in [0.1, 0.15) is 44.1 Å². The van der Waals surface area contributed by atoms with E-state index in [4.69, 9.17) is 10.8 Å². The largest absolute Gasteiger partial charge is 0.481 e. The van der Waals surface area contributed by atoms with Gasteiger partial charge in [-0.1, -0.05) is 43.2 Å². The molecular weight excluding hydrogens is 238 g/mol. The number of rotatable bonds is 10. The number of hydrogen-bond acceptors (Lipinski definition) is 2. The molecule has 0 aliphatic carbocycles. The summed E-state index contributed by atoms with van der Waals surface area (Å²) in [6.45, 7) is 0.653. The molecule has 0 saturated heterocycles. The quantitative estimate of drug-likeness (QED) is 0.637. The molecule has 0 bridgehead atoms. The highest BCUT2D eigenvalue weighted by molar-refractivity contribution is 5.69. The van der Waals surface area contributed by atoms with Gasteiger partial charge in [0.25, 0.3) is 0 Å².